The van der Waals surface area contributed by atoms with Crippen LogP contribution in [0.3, 0.4) is 0 Å². The number of benzene rings is 1. The van der Waals surface area contributed by atoms with Crippen molar-refractivity contribution in [2.75, 3.05) is 0 Å². The third kappa shape index (κ3) is 3.49. The number of para-hydroxylation sites is 1. The fourth-order valence-corrected chi connectivity index (χ4v) is 3.71. The average Bonchev–Trinajstić information content (AvgIpc) is 3.35. The zero-order chi connectivity index (χ0) is 17.2. The van der Waals surface area contributed by atoms with Gasteiger partial charge in [-0.15, -0.1) is 11.3 Å². The number of nitrogens with zero attached hydrogens (tertiary/aromatic N) is 3. The molecule has 0 atom stereocenters. The maximum atomic E-state index is 12.7. The van der Waals surface area contributed by atoms with Crippen LogP contribution in [0.1, 0.15) is 24.1 Å². The first-order valence-electron chi connectivity index (χ1n) is 8.48. The van der Waals surface area contributed by atoms with Crippen molar-refractivity contribution in [2.45, 2.75) is 38.4 Å². The largest absolute Gasteiger partial charge is 0.335 e. The molecule has 0 bridgehead atoms. The highest BCUT2D eigenvalue weighted by atomic mass is 32.1. The second-order valence-corrected chi connectivity index (χ2v) is 7.37. The van der Waals surface area contributed by atoms with Crippen molar-refractivity contribution < 1.29 is 4.79 Å². The quantitative estimate of drug-likeness (QED) is 0.684. The topological polar surface area (TPSA) is 55.2 Å². The number of carbonyl (C=O) groups excluding carboxylic acids is 1. The van der Waals surface area contributed by atoms with E-state index < -0.39 is 0 Å². The van der Waals surface area contributed by atoms with Crippen molar-refractivity contribution in [2.24, 2.45) is 0 Å². The number of hydrogen-bond acceptors (Lipinski definition) is 4. The molecule has 5 nitrogen and oxygen atoms in total. The number of amides is 1. The van der Waals surface area contributed by atoms with Crippen LogP contribution in [0, 0.1) is 0 Å². The lowest BCUT2D eigenvalue weighted by molar-refractivity contribution is -0.132. The third-order valence-corrected chi connectivity index (χ3v) is 5.37. The summed E-state index contributed by atoms with van der Waals surface area (Å²) in [6.07, 6.45) is 4.02. The molecule has 0 unspecified atom stereocenters. The lowest BCUT2D eigenvalue weighted by Gasteiger charge is -2.22. The third-order valence-electron chi connectivity index (χ3n) is 4.51. The normalized spacial score (nSPS) is 13.9. The van der Waals surface area contributed by atoms with E-state index in [9.17, 15) is 9.59 Å². The van der Waals surface area contributed by atoms with Gasteiger partial charge in [0.15, 0.2) is 0 Å². The van der Waals surface area contributed by atoms with Gasteiger partial charge in [-0.3, -0.25) is 14.2 Å². The van der Waals surface area contributed by atoms with Crippen LogP contribution in [-0.4, -0.2) is 26.4 Å². The lowest BCUT2D eigenvalue weighted by atomic mass is 10.2. The summed E-state index contributed by atoms with van der Waals surface area (Å²) >= 11 is 1.67. The van der Waals surface area contributed by atoms with Crippen molar-refractivity contribution >= 4 is 28.1 Å². The molecule has 2 aromatic heterocycles. The predicted molar refractivity (Wildman–Crippen MR) is 98.5 cm³/mol. The monoisotopic (exact) mass is 353 g/mol. The van der Waals surface area contributed by atoms with E-state index in [1.807, 2.05) is 34.5 Å². The van der Waals surface area contributed by atoms with Crippen molar-refractivity contribution in [1.82, 2.24) is 14.5 Å². The number of carbonyl (C=O) groups is 1. The van der Waals surface area contributed by atoms with Gasteiger partial charge < -0.3 is 4.90 Å². The molecule has 1 fully saturated rings. The molecule has 0 radical (unpaired) electrons. The van der Waals surface area contributed by atoms with Crippen LogP contribution >= 0.6 is 11.3 Å². The molecule has 1 aliphatic rings. The van der Waals surface area contributed by atoms with E-state index >= 15 is 0 Å². The van der Waals surface area contributed by atoms with Crippen molar-refractivity contribution in [3.63, 3.8) is 0 Å². The first kappa shape index (κ1) is 16.0. The van der Waals surface area contributed by atoms with Gasteiger partial charge in [0.05, 0.1) is 23.8 Å². The van der Waals surface area contributed by atoms with Crippen LogP contribution in [0.25, 0.3) is 10.9 Å². The van der Waals surface area contributed by atoms with Gasteiger partial charge in [-0.1, -0.05) is 18.2 Å². The minimum Gasteiger partial charge on any atom is -0.335 e. The zero-order valence-corrected chi connectivity index (χ0v) is 14.6. The van der Waals surface area contributed by atoms with E-state index in [1.54, 1.807) is 23.7 Å². The maximum absolute atomic E-state index is 12.7. The first-order chi connectivity index (χ1) is 12.2. The molecule has 1 amide bonds. The summed E-state index contributed by atoms with van der Waals surface area (Å²) in [6.45, 7) is 1.04. The molecular formula is C19H19N3O2S. The Morgan fingerprint density at radius 2 is 2.08 bits per heavy atom. The van der Waals surface area contributed by atoms with Gasteiger partial charge in [0.1, 0.15) is 0 Å². The molecule has 1 aliphatic carbocycles. The van der Waals surface area contributed by atoms with E-state index in [-0.39, 0.29) is 11.5 Å². The number of aromatic nitrogens is 2. The molecule has 4 rings (SSSR count). The van der Waals surface area contributed by atoms with Crippen molar-refractivity contribution in [3.8, 4) is 0 Å². The summed E-state index contributed by atoms with van der Waals surface area (Å²) in [4.78, 5) is 32.7. The lowest BCUT2D eigenvalue weighted by Crippen LogP contribution is -2.33. The van der Waals surface area contributed by atoms with Gasteiger partial charge in [0, 0.05) is 23.9 Å². The highest BCUT2D eigenvalue weighted by Crippen LogP contribution is 2.29. The van der Waals surface area contributed by atoms with Gasteiger partial charge in [0.25, 0.3) is 5.56 Å². The van der Waals surface area contributed by atoms with Crippen LogP contribution in [0.5, 0.6) is 0 Å². The Kier molecular flexibility index (Phi) is 4.36. The fraction of sp³-hybridized carbons (Fsp3) is 0.316. The van der Waals surface area contributed by atoms with Crippen molar-refractivity contribution in [1.29, 1.82) is 0 Å². The molecule has 3 aromatic rings. The minimum atomic E-state index is -0.0883. The second kappa shape index (κ2) is 6.80. The molecule has 1 aromatic carbocycles. The molecule has 2 heterocycles. The zero-order valence-electron chi connectivity index (χ0n) is 13.8. The van der Waals surface area contributed by atoms with Crippen LogP contribution < -0.4 is 5.56 Å². The van der Waals surface area contributed by atoms with Gasteiger partial charge in [-0.05, 0) is 36.4 Å². The van der Waals surface area contributed by atoms with Crippen molar-refractivity contribution in [3.05, 3.63) is 63.3 Å². The standard InChI is InChI=1S/C19H19N3O2S/c23-18(22(14-7-8-14)12-15-4-3-11-25-15)9-10-21-13-20-17-6-2-1-5-16(17)19(21)24/h1-6,11,13-14H,7-10,12H2. The molecule has 128 valence electrons. The smallest absolute Gasteiger partial charge is 0.261 e. The first-order valence-corrected chi connectivity index (χ1v) is 9.36. The summed E-state index contributed by atoms with van der Waals surface area (Å²) in [6, 6.07) is 11.7. The Morgan fingerprint density at radius 3 is 2.84 bits per heavy atom. The molecule has 6 heteroatoms. The van der Waals surface area contributed by atoms with Crippen LogP contribution in [0.2, 0.25) is 0 Å². The minimum absolute atomic E-state index is 0.0883. The van der Waals surface area contributed by atoms with Crippen LogP contribution in [0.4, 0.5) is 0 Å². The van der Waals surface area contributed by atoms with E-state index in [4.69, 9.17) is 0 Å². The van der Waals surface area contributed by atoms with E-state index in [1.165, 1.54) is 9.44 Å². The number of hydrogen-bond donors (Lipinski definition) is 0. The van der Waals surface area contributed by atoms with Gasteiger partial charge in [0.2, 0.25) is 5.91 Å². The van der Waals surface area contributed by atoms with Gasteiger partial charge in [-0.25, -0.2) is 4.98 Å². The Bertz CT molecular complexity index is 945. The molecule has 0 spiro atoms. The fourth-order valence-electron chi connectivity index (χ4n) is 3.00. The number of rotatable bonds is 6. The van der Waals surface area contributed by atoms with E-state index in [0.29, 0.717) is 36.5 Å². The Balaban J connectivity index is 1.47. The predicted octanol–water partition coefficient (Wildman–Crippen LogP) is 3.04. The number of thiophene rings is 1. The van der Waals surface area contributed by atoms with Crippen LogP contribution in [0.15, 0.2) is 52.9 Å². The number of fused-ring (bicyclic) bond motifs is 1. The average molecular weight is 353 g/mol. The summed E-state index contributed by atoms with van der Waals surface area (Å²) < 4.78 is 1.54. The van der Waals surface area contributed by atoms with E-state index in [0.717, 1.165) is 12.8 Å². The highest BCUT2D eigenvalue weighted by molar-refractivity contribution is 7.09. The summed E-state index contributed by atoms with van der Waals surface area (Å²) in [5, 5.41) is 2.63. The van der Waals surface area contributed by atoms with Crippen LogP contribution in [-0.2, 0) is 17.9 Å². The Labute approximate surface area is 149 Å². The maximum Gasteiger partial charge on any atom is 0.261 e. The van der Waals surface area contributed by atoms with E-state index in [2.05, 4.69) is 11.1 Å². The molecule has 0 N–H and O–H groups in total. The summed E-state index contributed by atoms with van der Waals surface area (Å²) in [7, 11) is 0. The summed E-state index contributed by atoms with van der Waals surface area (Å²) in [5.74, 6) is 0.107. The summed E-state index contributed by atoms with van der Waals surface area (Å²) in [5.41, 5.74) is 0.599. The Hall–Kier alpha value is -2.47. The second-order valence-electron chi connectivity index (χ2n) is 6.34. The highest BCUT2D eigenvalue weighted by Gasteiger charge is 2.32. The molecule has 25 heavy (non-hydrogen) atoms. The Morgan fingerprint density at radius 1 is 1.24 bits per heavy atom. The molecule has 0 saturated heterocycles. The van der Waals surface area contributed by atoms with Gasteiger partial charge >= 0.3 is 0 Å². The SMILES string of the molecule is O=C(CCn1cnc2ccccc2c1=O)N(Cc1cccs1)C1CC1. The molecule has 0 aliphatic heterocycles. The number of aryl methyl sites for hydroxylation is 1. The van der Waals surface area contributed by atoms with Gasteiger partial charge in [-0.2, -0.15) is 0 Å². The molecule has 1 saturated carbocycles. The molecular weight excluding hydrogens is 334 g/mol.